The lowest BCUT2D eigenvalue weighted by Gasteiger charge is -2.10. The average Bonchev–Trinajstić information content (AvgIpc) is 2.31. The fourth-order valence-corrected chi connectivity index (χ4v) is 2.27. The van der Waals surface area contributed by atoms with Crippen LogP contribution in [0, 0.1) is 6.92 Å². The molecule has 0 atom stereocenters. The summed E-state index contributed by atoms with van der Waals surface area (Å²) in [7, 11) is 1.48. The molecule has 94 valence electrons. The van der Waals surface area contributed by atoms with E-state index in [9.17, 15) is 15.0 Å². The molecule has 0 aliphatic heterocycles. The van der Waals surface area contributed by atoms with Gasteiger partial charge in [-0.3, -0.25) is 0 Å². The average molecular weight is 312 g/mol. The van der Waals surface area contributed by atoms with Crippen LogP contribution in [0.2, 0.25) is 0 Å². The molecule has 2 rings (SSSR count). The van der Waals surface area contributed by atoms with Crippen molar-refractivity contribution in [2.45, 2.75) is 6.92 Å². The zero-order valence-electron chi connectivity index (χ0n) is 9.69. The molecule has 6 heteroatoms. The van der Waals surface area contributed by atoms with Crippen LogP contribution in [0.1, 0.15) is 16.1 Å². The molecule has 0 saturated heterocycles. The summed E-state index contributed by atoms with van der Waals surface area (Å²) in [5.41, 5.74) is 0.575. The van der Waals surface area contributed by atoms with Crippen molar-refractivity contribution in [2.24, 2.45) is 0 Å². The molecule has 0 radical (unpaired) electrons. The number of aromatic carboxylic acids is 1. The largest absolute Gasteiger partial charge is 0.505 e. The molecule has 1 aromatic heterocycles. The van der Waals surface area contributed by atoms with Gasteiger partial charge in [0.05, 0.1) is 18.3 Å². The molecular formula is C12H10BrNO4. The van der Waals surface area contributed by atoms with Crippen LogP contribution in [-0.2, 0) is 0 Å². The van der Waals surface area contributed by atoms with Gasteiger partial charge in [-0.05, 0) is 35.0 Å². The minimum absolute atomic E-state index is 0.169. The third-order valence-corrected chi connectivity index (χ3v) is 3.22. The Morgan fingerprint density at radius 2 is 2.11 bits per heavy atom. The van der Waals surface area contributed by atoms with Gasteiger partial charge in [-0.15, -0.1) is 0 Å². The predicted molar refractivity (Wildman–Crippen MR) is 69.4 cm³/mol. The number of carboxylic acids is 1. The lowest BCUT2D eigenvalue weighted by atomic mass is 10.1. The third kappa shape index (κ3) is 1.88. The van der Waals surface area contributed by atoms with E-state index in [1.807, 2.05) is 0 Å². The van der Waals surface area contributed by atoms with E-state index in [1.54, 1.807) is 13.0 Å². The first kappa shape index (κ1) is 12.6. The number of carboxylic acid groups (broad SMARTS) is 1. The summed E-state index contributed by atoms with van der Waals surface area (Å²) in [6, 6.07) is 3.23. The smallest absolute Gasteiger partial charge is 0.340 e. The second-order valence-corrected chi connectivity index (χ2v) is 4.59. The molecule has 0 amide bonds. The Kier molecular flexibility index (Phi) is 3.13. The van der Waals surface area contributed by atoms with Gasteiger partial charge in [-0.1, -0.05) is 0 Å². The van der Waals surface area contributed by atoms with E-state index in [2.05, 4.69) is 20.9 Å². The highest BCUT2D eigenvalue weighted by molar-refractivity contribution is 9.10. The Bertz CT molecular complexity index is 654. The first-order valence-corrected chi connectivity index (χ1v) is 5.85. The van der Waals surface area contributed by atoms with E-state index in [4.69, 9.17) is 4.74 Å². The Labute approximate surface area is 111 Å². The number of hydrogen-bond acceptors (Lipinski definition) is 4. The molecule has 0 bridgehead atoms. The van der Waals surface area contributed by atoms with Gasteiger partial charge in [0.1, 0.15) is 11.3 Å². The number of hydrogen-bond donors (Lipinski definition) is 2. The molecule has 1 heterocycles. The van der Waals surface area contributed by atoms with Gasteiger partial charge < -0.3 is 14.9 Å². The van der Waals surface area contributed by atoms with Gasteiger partial charge in [-0.2, -0.15) is 0 Å². The van der Waals surface area contributed by atoms with Crippen LogP contribution in [0.15, 0.2) is 16.6 Å². The summed E-state index contributed by atoms with van der Waals surface area (Å²) in [5.74, 6) is -1.04. The Hall–Kier alpha value is -1.82. The van der Waals surface area contributed by atoms with Crippen LogP contribution >= 0.6 is 15.9 Å². The van der Waals surface area contributed by atoms with Crippen LogP contribution in [-0.4, -0.2) is 28.3 Å². The van der Waals surface area contributed by atoms with E-state index < -0.39 is 5.97 Å². The van der Waals surface area contributed by atoms with Gasteiger partial charge in [0.2, 0.25) is 0 Å². The predicted octanol–water partition coefficient (Wildman–Crippen LogP) is 2.72. The SMILES string of the molecule is COc1cc(Br)c2nc(C)c(O)c(C(=O)O)c2c1. The second kappa shape index (κ2) is 4.45. The maximum atomic E-state index is 11.3. The minimum Gasteiger partial charge on any atom is -0.505 e. The summed E-state index contributed by atoms with van der Waals surface area (Å²) >= 11 is 3.31. The first-order valence-electron chi connectivity index (χ1n) is 5.05. The Balaban J connectivity index is 2.98. The third-order valence-electron chi connectivity index (χ3n) is 2.61. The topological polar surface area (TPSA) is 79.7 Å². The number of carbonyl (C=O) groups is 1. The van der Waals surface area contributed by atoms with Gasteiger partial charge in [0.25, 0.3) is 0 Å². The fraction of sp³-hybridized carbons (Fsp3) is 0.167. The highest BCUT2D eigenvalue weighted by Crippen LogP contribution is 2.35. The number of rotatable bonds is 2. The number of aryl methyl sites for hydroxylation is 1. The number of halogens is 1. The minimum atomic E-state index is -1.21. The van der Waals surface area contributed by atoms with E-state index in [-0.39, 0.29) is 17.0 Å². The van der Waals surface area contributed by atoms with Crippen molar-refractivity contribution >= 4 is 32.8 Å². The summed E-state index contributed by atoms with van der Waals surface area (Å²) in [6.45, 7) is 1.55. The van der Waals surface area contributed by atoms with Gasteiger partial charge >= 0.3 is 5.97 Å². The summed E-state index contributed by atoms with van der Waals surface area (Å²) in [5, 5.41) is 19.4. The van der Waals surface area contributed by atoms with Crippen molar-refractivity contribution in [3.8, 4) is 11.5 Å². The van der Waals surface area contributed by atoms with Crippen molar-refractivity contribution in [1.29, 1.82) is 0 Å². The molecule has 0 spiro atoms. The quantitative estimate of drug-likeness (QED) is 0.891. The summed E-state index contributed by atoms with van der Waals surface area (Å²) < 4.78 is 5.69. The fourth-order valence-electron chi connectivity index (χ4n) is 1.74. The monoisotopic (exact) mass is 311 g/mol. The van der Waals surface area contributed by atoms with Crippen molar-refractivity contribution in [1.82, 2.24) is 4.98 Å². The number of aromatic nitrogens is 1. The highest BCUT2D eigenvalue weighted by atomic mass is 79.9. The standard InChI is InChI=1S/C12H10BrNO4/c1-5-11(15)9(12(16)17)7-3-6(18-2)4-8(13)10(7)14-5/h3-4,15H,1-2H3,(H,16,17). The number of fused-ring (bicyclic) bond motifs is 1. The molecule has 0 aliphatic rings. The molecule has 0 saturated carbocycles. The maximum Gasteiger partial charge on any atom is 0.340 e. The van der Waals surface area contributed by atoms with Crippen molar-refractivity contribution in [2.75, 3.05) is 7.11 Å². The van der Waals surface area contributed by atoms with Crippen LogP contribution in [0.25, 0.3) is 10.9 Å². The van der Waals surface area contributed by atoms with Crippen molar-refractivity contribution in [3.63, 3.8) is 0 Å². The number of methoxy groups -OCH3 is 1. The van der Waals surface area contributed by atoms with Crippen LogP contribution < -0.4 is 4.74 Å². The van der Waals surface area contributed by atoms with Crippen molar-refractivity contribution < 1.29 is 19.7 Å². The maximum absolute atomic E-state index is 11.3. The Morgan fingerprint density at radius 1 is 1.44 bits per heavy atom. The molecule has 2 N–H and O–H groups in total. The van der Waals surface area contributed by atoms with Gasteiger partial charge in [0, 0.05) is 9.86 Å². The van der Waals surface area contributed by atoms with Crippen LogP contribution in [0.4, 0.5) is 0 Å². The van der Waals surface area contributed by atoms with E-state index >= 15 is 0 Å². The highest BCUT2D eigenvalue weighted by Gasteiger charge is 2.20. The number of aromatic hydroxyl groups is 1. The van der Waals surface area contributed by atoms with Crippen LogP contribution in [0.3, 0.4) is 0 Å². The van der Waals surface area contributed by atoms with E-state index in [1.165, 1.54) is 13.2 Å². The molecule has 1 aromatic carbocycles. The summed E-state index contributed by atoms with van der Waals surface area (Å²) in [4.78, 5) is 15.4. The molecule has 0 aliphatic carbocycles. The molecule has 0 unspecified atom stereocenters. The normalized spacial score (nSPS) is 10.6. The lowest BCUT2D eigenvalue weighted by Crippen LogP contribution is -2.02. The molecule has 0 fully saturated rings. The first-order chi connectivity index (χ1) is 8.45. The molecule has 18 heavy (non-hydrogen) atoms. The molecule has 2 aromatic rings. The number of ether oxygens (including phenoxy) is 1. The zero-order valence-corrected chi connectivity index (χ0v) is 11.3. The van der Waals surface area contributed by atoms with Gasteiger partial charge in [0.15, 0.2) is 5.75 Å². The number of nitrogens with zero attached hydrogens (tertiary/aromatic N) is 1. The molecular weight excluding hydrogens is 302 g/mol. The van der Waals surface area contributed by atoms with Crippen LogP contribution in [0.5, 0.6) is 11.5 Å². The lowest BCUT2D eigenvalue weighted by molar-refractivity contribution is 0.0695. The van der Waals surface area contributed by atoms with Crippen molar-refractivity contribution in [3.05, 3.63) is 27.9 Å². The van der Waals surface area contributed by atoms with E-state index in [0.29, 0.717) is 21.1 Å². The second-order valence-electron chi connectivity index (χ2n) is 3.73. The molecule has 5 nitrogen and oxygen atoms in total. The Morgan fingerprint density at radius 3 is 2.67 bits per heavy atom. The number of benzene rings is 1. The van der Waals surface area contributed by atoms with Gasteiger partial charge in [-0.25, -0.2) is 9.78 Å². The zero-order chi connectivity index (χ0) is 13.4. The summed E-state index contributed by atoms with van der Waals surface area (Å²) in [6.07, 6.45) is 0. The van der Waals surface area contributed by atoms with E-state index in [0.717, 1.165) is 0 Å². The number of pyridine rings is 1.